The summed E-state index contributed by atoms with van der Waals surface area (Å²) in [5, 5.41) is 12.9. The highest BCUT2D eigenvalue weighted by atomic mass is 16.1. The molecule has 4 aromatic rings. The molecule has 0 aliphatic rings. The number of nitrogens with one attached hydrogen (secondary N) is 1. The Morgan fingerprint density at radius 2 is 1.96 bits per heavy atom. The van der Waals surface area contributed by atoms with E-state index < -0.39 is 0 Å². The quantitative estimate of drug-likeness (QED) is 0.581. The van der Waals surface area contributed by atoms with Crippen LogP contribution in [0.1, 0.15) is 12.5 Å². The molecule has 1 aromatic carbocycles. The van der Waals surface area contributed by atoms with Crippen LogP contribution in [0.2, 0.25) is 0 Å². The smallest absolute Gasteiger partial charge is 0.153 e. The molecule has 0 saturated carbocycles. The number of carbonyl (C=O) groups excluding carboxylic acids is 1. The number of carbonyl (C=O) groups is 1. The van der Waals surface area contributed by atoms with Gasteiger partial charge in [-0.1, -0.05) is 30.3 Å². The summed E-state index contributed by atoms with van der Waals surface area (Å²) in [7, 11) is 0. The molecule has 130 valence electrons. The third-order valence-electron chi connectivity index (χ3n) is 3.98. The largest absolute Gasteiger partial charge is 0.323 e. The van der Waals surface area contributed by atoms with Crippen LogP contribution in [-0.4, -0.2) is 30.3 Å². The van der Waals surface area contributed by atoms with Crippen LogP contribution in [0.4, 0.5) is 11.6 Å². The lowest BCUT2D eigenvalue weighted by atomic mass is 10.2. The summed E-state index contributed by atoms with van der Waals surface area (Å²) in [6, 6.07) is 14.0. The van der Waals surface area contributed by atoms with Crippen molar-refractivity contribution < 1.29 is 4.79 Å². The fraction of sp³-hybridized carbons (Fsp3) is 0.158. The maximum atomic E-state index is 11.2. The van der Waals surface area contributed by atoms with Gasteiger partial charge in [0.25, 0.3) is 0 Å². The molecule has 0 atom stereocenters. The summed E-state index contributed by atoms with van der Waals surface area (Å²) in [5.41, 5.74) is 2.18. The number of rotatable bonds is 6. The standard InChI is InChI=1S/C19H18N6O/c1-14(26)12-24-8-7-18(23-24)22-19-9-17-16(10-20-19)11-21-25(17)13-15-5-3-2-4-6-15/h2-11H,12-13H2,1H3,(H,20,22,23). The van der Waals surface area contributed by atoms with Crippen LogP contribution < -0.4 is 5.32 Å². The minimum Gasteiger partial charge on any atom is -0.323 e. The maximum absolute atomic E-state index is 11.2. The molecule has 0 aliphatic heterocycles. The van der Waals surface area contributed by atoms with Crippen molar-refractivity contribution in [2.75, 3.05) is 5.32 Å². The number of pyridine rings is 1. The predicted octanol–water partition coefficient (Wildman–Crippen LogP) is 3.01. The second-order valence-electron chi connectivity index (χ2n) is 6.14. The van der Waals surface area contributed by atoms with Gasteiger partial charge in [0, 0.05) is 29.9 Å². The second-order valence-corrected chi connectivity index (χ2v) is 6.14. The number of Topliss-reactive ketones (excluding diaryl/α,β-unsaturated/α-hetero) is 1. The number of fused-ring (bicyclic) bond motifs is 1. The number of benzene rings is 1. The minimum absolute atomic E-state index is 0.0593. The van der Waals surface area contributed by atoms with E-state index in [9.17, 15) is 4.79 Å². The van der Waals surface area contributed by atoms with E-state index in [0.29, 0.717) is 18.2 Å². The molecule has 26 heavy (non-hydrogen) atoms. The number of aromatic nitrogens is 5. The van der Waals surface area contributed by atoms with Gasteiger partial charge in [-0.25, -0.2) is 4.98 Å². The highest BCUT2D eigenvalue weighted by molar-refractivity contribution is 5.81. The van der Waals surface area contributed by atoms with Gasteiger partial charge in [0.15, 0.2) is 11.6 Å². The Balaban J connectivity index is 1.57. The molecule has 0 spiro atoms. The molecule has 0 radical (unpaired) electrons. The molecule has 0 saturated heterocycles. The van der Waals surface area contributed by atoms with Crippen LogP contribution in [0.25, 0.3) is 10.9 Å². The highest BCUT2D eigenvalue weighted by Gasteiger charge is 2.07. The van der Waals surface area contributed by atoms with Gasteiger partial charge in [-0.2, -0.15) is 10.2 Å². The van der Waals surface area contributed by atoms with E-state index in [-0.39, 0.29) is 12.3 Å². The van der Waals surface area contributed by atoms with Gasteiger partial charge in [-0.05, 0) is 12.5 Å². The van der Waals surface area contributed by atoms with Crippen LogP contribution in [-0.2, 0) is 17.9 Å². The number of anilines is 2. The van der Waals surface area contributed by atoms with Crippen LogP contribution in [0.5, 0.6) is 0 Å². The molecular formula is C19H18N6O. The lowest BCUT2D eigenvalue weighted by Crippen LogP contribution is -2.07. The van der Waals surface area contributed by atoms with E-state index in [0.717, 1.165) is 10.9 Å². The number of hydrogen-bond acceptors (Lipinski definition) is 5. The Bertz CT molecular complexity index is 1050. The van der Waals surface area contributed by atoms with E-state index in [1.165, 1.54) is 12.5 Å². The van der Waals surface area contributed by atoms with Crippen molar-refractivity contribution in [2.45, 2.75) is 20.0 Å². The van der Waals surface area contributed by atoms with Crippen LogP contribution in [0.3, 0.4) is 0 Å². The monoisotopic (exact) mass is 346 g/mol. The Kier molecular flexibility index (Phi) is 4.18. The van der Waals surface area contributed by atoms with Gasteiger partial charge in [0.1, 0.15) is 5.82 Å². The van der Waals surface area contributed by atoms with E-state index in [1.807, 2.05) is 41.2 Å². The van der Waals surface area contributed by atoms with Gasteiger partial charge < -0.3 is 5.32 Å². The summed E-state index contributed by atoms with van der Waals surface area (Å²) >= 11 is 0. The maximum Gasteiger partial charge on any atom is 0.153 e. The average Bonchev–Trinajstić information content (AvgIpc) is 3.22. The van der Waals surface area contributed by atoms with E-state index in [2.05, 4.69) is 32.6 Å². The van der Waals surface area contributed by atoms with Gasteiger partial charge >= 0.3 is 0 Å². The normalized spacial score (nSPS) is 11.0. The first-order valence-electron chi connectivity index (χ1n) is 8.33. The highest BCUT2D eigenvalue weighted by Crippen LogP contribution is 2.20. The van der Waals surface area contributed by atoms with E-state index in [1.54, 1.807) is 17.1 Å². The third-order valence-corrected chi connectivity index (χ3v) is 3.98. The molecular weight excluding hydrogens is 328 g/mol. The molecule has 1 N–H and O–H groups in total. The molecule has 7 heteroatoms. The fourth-order valence-electron chi connectivity index (χ4n) is 2.80. The zero-order chi connectivity index (χ0) is 17.9. The van der Waals surface area contributed by atoms with Crippen molar-refractivity contribution in [1.82, 2.24) is 24.5 Å². The lowest BCUT2D eigenvalue weighted by Gasteiger charge is -2.06. The minimum atomic E-state index is 0.0593. The number of ketones is 1. The Morgan fingerprint density at radius 1 is 1.12 bits per heavy atom. The lowest BCUT2D eigenvalue weighted by molar-refractivity contribution is -0.117. The summed E-state index contributed by atoms with van der Waals surface area (Å²) in [4.78, 5) is 15.6. The van der Waals surface area contributed by atoms with Crippen LogP contribution in [0, 0.1) is 0 Å². The summed E-state index contributed by atoms with van der Waals surface area (Å²) in [6.45, 7) is 2.50. The average molecular weight is 346 g/mol. The molecule has 3 heterocycles. The fourth-order valence-corrected chi connectivity index (χ4v) is 2.80. The molecule has 0 unspecified atom stereocenters. The van der Waals surface area contributed by atoms with Gasteiger partial charge in [-0.3, -0.25) is 14.2 Å². The molecule has 3 aromatic heterocycles. The summed E-state index contributed by atoms with van der Waals surface area (Å²) in [6.07, 6.45) is 5.37. The van der Waals surface area contributed by atoms with Crippen LogP contribution in [0.15, 0.2) is 61.1 Å². The van der Waals surface area contributed by atoms with Crippen molar-refractivity contribution in [3.8, 4) is 0 Å². The van der Waals surface area contributed by atoms with Gasteiger partial charge in [-0.15, -0.1) is 0 Å². The number of nitrogens with zero attached hydrogens (tertiary/aromatic N) is 5. The van der Waals surface area contributed by atoms with Crippen molar-refractivity contribution in [3.05, 3.63) is 66.6 Å². The van der Waals surface area contributed by atoms with Crippen molar-refractivity contribution >= 4 is 28.3 Å². The zero-order valence-corrected chi connectivity index (χ0v) is 14.3. The second kappa shape index (κ2) is 6.79. The Hall–Kier alpha value is -3.48. The first kappa shape index (κ1) is 16.0. The zero-order valence-electron chi connectivity index (χ0n) is 14.3. The molecule has 7 nitrogen and oxygen atoms in total. The van der Waals surface area contributed by atoms with Crippen molar-refractivity contribution in [1.29, 1.82) is 0 Å². The number of hydrogen-bond donors (Lipinski definition) is 1. The summed E-state index contributed by atoms with van der Waals surface area (Å²) < 4.78 is 3.55. The Morgan fingerprint density at radius 3 is 2.77 bits per heavy atom. The Labute approximate surface area is 150 Å². The van der Waals surface area contributed by atoms with E-state index in [4.69, 9.17) is 0 Å². The van der Waals surface area contributed by atoms with Crippen LogP contribution >= 0.6 is 0 Å². The SMILES string of the molecule is CC(=O)Cn1ccc(Nc2cc3c(cn2)cnn3Cc2ccccc2)n1. The van der Waals surface area contributed by atoms with Crippen molar-refractivity contribution in [2.24, 2.45) is 0 Å². The third kappa shape index (κ3) is 3.46. The van der Waals surface area contributed by atoms with Gasteiger partial charge in [0.2, 0.25) is 0 Å². The first-order chi connectivity index (χ1) is 12.7. The molecule has 4 rings (SSSR count). The molecule has 0 fully saturated rings. The van der Waals surface area contributed by atoms with E-state index >= 15 is 0 Å². The van der Waals surface area contributed by atoms with Gasteiger partial charge in [0.05, 0.1) is 24.8 Å². The first-order valence-corrected chi connectivity index (χ1v) is 8.33. The predicted molar refractivity (Wildman–Crippen MR) is 99.3 cm³/mol. The molecule has 0 bridgehead atoms. The summed E-state index contributed by atoms with van der Waals surface area (Å²) in [5.74, 6) is 1.39. The molecule has 0 amide bonds. The van der Waals surface area contributed by atoms with Crippen molar-refractivity contribution in [3.63, 3.8) is 0 Å². The molecule has 0 aliphatic carbocycles. The topological polar surface area (TPSA) is 77.6 Å².